The van der Waals surface area contributed by atoms with Gasteiger partial charge in [0.15, 0.2) is 0 Å². The molecule has 29 heavy (non-hydrogen) atoms. The first-order chi connectivity index (χ1) is 13.9. The molecule has 3 rings (SSSR count). The first-order valence-electron chi connectivity index (χ1n) is 9.34. The lowest BCUT2D eigenvalue weighted by Gasteiger charge is -2.28. The van der Waals surface area contributed by atoms with Crippen LogP contribution >= 0.6 is 0 Å². The Morgan fingerprint density at radius 1 is 1.07 bits per heavy atom. The maximum atomic E-state index is 13.7. The zero-order valence-corrected chi connectivity index (χ0v) is 16.2. The van der Waals surface area contributed by atoms with Crippen LogP contribution in [0.3, 0.4) is 0 Å². The summed E-state index contributed by atoms with van der Waals surface area (Å²) in [6.07, 6.45) is -0.106. The highest BCUT2D eigenvalue weighted by molar-refractivity contribution is 5.93. The smallest absolute Gasteiger partial charge is 0.340 e. The summed E-state index contributed by atoms with van der Waals surface area (Å²) in [5.74, 6) is -1.88. The molecule has 0 saturated heterocycles. The number of halogens is 1. The van der Waals surface area contributed by atoms with E-state index < -0.39 is 17.9 Å². The Labute approximate surface area is 168 Å². The maximum Gasteiger partial charge on any atom is 0.340 e. The Bertz CT molecular complexity index is 969. The third-order valence-electron chi connectivity index (χ3n) is 4.55. The molecule has 1 aliphatic rings. The van der Waals surface area contributed by atoms with Crippen LogP contribution in [0.1, 0.15) is 31.7 Å². The largest absolute Gasteiger partial charge is 0.466 e. The van der Waals surface area contributed by atoms with E-state index in [9.17, 15) is 14.0 Å². The van der Waals surface area contributed by atoms with Gasteiger partial charge in [-0.25, -0.2) is 9.18 Å². The summed E-state index contributed by atoms with van der Waals surface area (Å²) in [4.78, 5) is 24.8. The van der Waals surface area contributed by atoms with Gasteiger partial charge >= 0.3 is 11.9 Å². The normalized spacial score (nSPS) is 15.3. The van der Waals surface area contributed by atoms with Crippen LogP contribution < -0.4 is 10.5 Å². The average molecular weight is 399 g/mol. The highest BCUT2D eigenvalue weighted by Crippen LogP contribution is 2.42. The summed E-state index contributed by atoms with van der Waals surface area (Å²) >= 11 is 0. The van der Waals surface area contributed by atoms with E-state index >= 15 is 0 Å². The quantitative estimate of drug-likeness (QED) is 0.746. The van der Waals surface area contributed by atoms with Crippen LogP contribution in [0.15, 0.2) is 53.9 Å². The van der Waals surface area contributed by atoms with Crippen molar-refractivity contribution in [3.63, 3.8) is 0 Å². The van der Waals surface area contributed by atoms with Gasteiger partial charge in [-0.3, -0.25) is 4.79 Å². The van der Waals surface area contributed by atoms with E-state index in [1.807, 2.05) is 0 Å². The first-order valence-corrected chi connectivity index (χ1v) is 9.34. The molecule has 2 N–H and O–H groups in total. The Hall–Kier alpha value is -3.35. The highest BCUT2D eigenvalue weighted by Gasteiger charge is 2.36. The Kier molecular flexibility index (Phi) is 6.16. The molecule has 1 atom stereocenters. The summed E-state index contributed by atoms with van der Waals surface area (Å²) in [6.45, 7) is 3.74. The number of rotatable bonds is 6. The second kappa shape index (κ2) is 8.77. The third kappa shape index (κ3) is 4.39. The minimum absolute atomic E-state index is 0.0730. The van der Waals surface area contributed by atoms with Crippen LogP contribution in [0, 0.1) is 5.82 Å². The molecule has 0 amide bonds. The molecule has 0 radical (unpaired) electrons. The highest BCUT2D eigenvalue weighted by atomic mass is 19.1. The molecule has 0 spiro atoms. The topological polar surface area (TPSA) is 87.9 Å². The molecule has 1 unspecified atom stereocenters. The molecule has 6 nitrogen and oxygen atoms in total. The fourth-order valence-electron chi connectivity index (χ4n) is 3.31. The number of carbonyl (C=O) groups excluding carboxylic acids is 2. The van der Waals surface area contributed by atoms with E-state index in [-0.39, 0.29) is 36.9 Å². The van der Waals surface area contributed by atoms with Gasteiger partial charge in [0.05, 0.1) is 19.6 Å². The van der Waals surface area contributed by atoms with Crippen LogP contribution in [0.4, 0.5) is 4.39 Å². The molecular formula is C22H22FNO5. The predicted molar refractivity (Wildman–Crippen MR) is 104 cm³/mol. The summed E-state index contributed by atoms with van der Waals surface area (Å²) < 4.78 is 29.5. The monoisotopic (exact) mass is 399 g/mol. The van der Waals surface area contributed by atoms with Crippen molar-refractivity contribution in [1.82, 2.24) is 0 Å². The number of fused-ring (bicyclic) bond motifs is 1. The van der Waals surface area contributed by atoms with Crippen molar-refractivity contribution in [2.24, 2.45) is 5.73 Å². The molecule has 152 valence electrons. The number of hydrogen-bond donors (Lipinski definition) is 1. The molecular weight excluding hydrogens is 377 g/mol. The SMILES string of the molecule is CCOC(=O)CC1C(C(=O)OCC)=C(N)Oc2ccc(-c3cccc(F)c3)cc21. The lowest BCUT2D eigenvalue weighted by atomic mass is 9.84. The summed E-state index contributed by atoms with van der Waals surface area (Å²) in [5.41, 5.74) is 8.01. The van der Waals surface area contributed by atoms with E-state index in [0.29, 0.717) is 22.4 Å². The van der Waals surface area contributed by atoms with Gasteiger partial charge in [0.2, 0.25) is 5.88 Å². The minimum atomic E-state index is -0.703. The zero-order valence-electron chi connectivity index (χ0n) is 16.2. The van der Waals surface area contributed by atoms with E-state index in [1.54, 1.807) is 44.2 Å². The van der Waals surface area contributed by atoms with Gasteiger partial charge in [-0.15, -0.1) is 0 Å². The van der Waals surface area contributed by atoms with Gasteiger partial charge < -0.3 is 19.9 Å². The molecule has 0 aromatic heterocycles. The van der Waals surface area contributed by atoms with Crippen LogP contribution in [0.25, 0.3) is 11.1 Å². The molecule has 0 fully saturated rings. The van der Waals surface area contributed by atoms with Crippen molar-refractivity contribution in [3.8, 4) is 16.9 Å². The van der Waals surface area contributed by atoms with Gasteiger partial charge in [0.25, 0.3) is 0 Å². The third-order valence-corrected chi connectivity index (χ3v) is 4.55. The summed E-state index contributed by atoms with van der Waals surface area (Å²) in [6, 6.07) is 11.4. The second-order valence-electron chi connectivity index (χ2n) is 6.43. The number of esters is 2. The summed E-state index contributed by atoms with van der Waals surface area (Å²) in [7, 11) is 0. The van der Waals surface area contributed by atoms with Crippen LogP contribution in [-0.4, -0.2) is 25.2 Å². The van der Waals surface area contributed by atoms with Gasteiger partial charge in [-0.05, 0) is 49.2 Å². The molecule has 2 aromatic rings. The molecule has 7 heteroatoms. The number of carbonyl (C=O) groups is 2. The zero-order chi connectivity index (χ0) is 21.0. The predicted octanol–water partition coefficient (Wildman–Crippen LogP) is 3.66. The molecule has 0 aliphatic carbocycles. The van der Waals surface area contributed by atoms with E-state index in [0.717, 1.165) is 0 Å². The summed E-state index contributed by atoms with van der Waals surface area (Å²) in [5, 5.41) is 0. The molecule has 2 aromatic carbocycles. The standard InChI is InChI=1S/C22H22FNO5/c1-3-27-19(25)12-17-16-11-14(13-6-5-7-15(23)10-13)8-9-18(16)29-21(24)20(17)22(26)28-4-2/h5-11,17H,3-4,12,24H2,1-2H3. The average Bonchev–Trinajstić information content (AvgIpc) is 2.68. The van der Waals surface area contributed by atoms with Crippen LogP contribution in [0.2, 0.25) is 0 Å². The molecule has 0 bridgehead atoms. The van der Waals surface area contributed by atoms with E-state index in [4.69, 9.17) is 19.9 Å². The number of nitrogens with two attached hydrogens (primary N) is 1. The van der Waals surface area contributed by atoms with Crippen LogP contribution in [-0.2, 0) is 19.1 Å². The van der Waals surface area contributed by atoms with E-state index in [2.05, 4.69) is 0 Å². The number of benzene rings is 2. The van der Waals surface area contributed by atoms with Gasteiger partial charge in [0, 0.05) is 11.5 Å². The number of hydrogen-bond acceptors (Lipinski definition) is 6. The Balaban J connectivity index is 2.08. The van der Waals surface area contributed by atoms with Crippen molar-refractivity contribution in [2.45, 2.75) is 26.2 Å². The maximum absolute atomic E-state index is 13.7. The van der Waals surface area contributed by atoms with Crippen molar-refractivity contribution in [3.05, 3.63) is 65.3 Å². The molecule has 1 heterocycles. The Morgan fingerprint density at radius 2 is 1.79 bits per heavy atom. The minimum Gasteiger partial charge on any atom is -0.466 e. The lowest BCUT2D eigenvalue weighted by molar-refractivity contribution is -0.143. The van der Waals surface area contributed by atoms with Crippen molar-refractivity contribution in [1.29, 1.82) is 0 Å². The second-order valence-corrected chi connectivity index (χ2v) is 6.43. The van der Waals surface area contributed by atoms with Gasteiger partial charge in [0.1, 0.15) is 17.1 Å². The van der Waals surface area contributed by atoms with Crippen molar-refractivity contribution >= 4 is 11.9 Å². The fourth-order valence-corrected chi connectivity index (χ4v) is 3.31. The molecule has 1 aliphatic heterocycles. The Morgan fingerprint density at radius 3 is 2.48 bits per heavy atom. The fraction of sp³-hybridized carbons (Fsp3) is 0.273. The van der Waals surface area contributed by atoms with Crippen molar-refractivity contribution in [2.75, 3.05) is 13.2 Å². The first kappa shape index (κ1) is 20.4. The molecule has 0 saturated carbocycles. The lowest BCUT2D eigenvalue weighted by Crippen LogP contribution is -2.28. The van der Waals surface area contributed by atoms with Gasteiger partial charge in [-0.2, -0.15) is 0 Å². The van der Waals surface area contributed by atoms with Crippen molar-refractivity contribution < 1.29 is 28.2 Å². The number of ether oxygens (including phenoxy) is 3. The van der Waals surface area contributed by atoms with E-state index in [1.165, 1.54) is 12.1 Å². The van der Waals surface area contributed by atoms with Gasteiger partial charge in [-0.1, -0.05) is 18.2 Å². The van der Waals surface area contributed by atoms with Crippen LogP contribution in [0.5, 0.6) is 5.75 Å².